The van der Waals surface area contributed by atoms with Crippen molar-refractivity contribution < 1.29 is 14.6 Å². The Balaban J connectivity index is 2.45. The van der Waals surface area contributed by atoms with Crippen molar-refractivity contribution in [2.24, 2.45) is 0 Å². The van der Waals surface area contributed by atoms with Crippen LogP contribution in [0.5, 0.6) is 5.06 Å². The molecule has 1 heterocycles. The van der Waals surface area contributed by atoms with E-state index in [2.05, 4.69) is 0 Å². The third kappa shape index (κ3) is 2.46. The van der Waals surface area contributed by atoms with Crippen LogP contribution in [-0.2, 0) is 4.79 Å². The lowest BCUT2D eigenvalue weighted by Gasteiger charge is -1.95. The minimum atomic E-state index is -0.989. The van der Waals surface area contributed by atoms with Gasteiger partial charge in [0, 0.05) is 17.1 Å². The molecule has 0 aromatic carbocycles. The molecule has 1 aromatic heterocycles. The number of nitrogens with two attached hydrogens (primary N) is 1. The van der Waals surface area contributed by atoms with Gasteiger partial charge in [0.1, 0.15) is 0 Å². The molecular weight excluding hydrogens is 166 g/mol. The van der Waals surface area contributed by atoms with E-state index >= 15 is 0 Å². The number of ether oxygens (including phenoxy) is 1. The predicted octanol–water partition coefficient (Wildman–Crippen LogP) is 0.794. The molecule has 0 aliphatic rings. The Bertz CT molecular complexity index is 258. The maximum atomic E-state index is 10.0. The van der Waals surface area contributed by atoms with Crippen LogP contribution in [0.4, 0.5) is 5.69 Å². The van der Waals surface area contributed by atoms with Crippen molar-refractivity contribution in [3.8, 4) is 5.06 Å². The molecule has 4 nitrogen and oxygen atoms in total. The van der Waals surface area contributed by atoms with E-state index in [1.807, 2.05) is 0 Å². The van der Waals surface area contributed by atoms with Gasteiger partial charge in [0.05, 0.1) is 0 Å². The molecule has 0 unspecified atom stereocenters. The second kappa shape index (κ2) is 3.25. The fourth-order valence-corrected chi connectivity index (χ4v) is 1.19. The van der Waals surface area contributed by atoms with E-state index in [-0.39, 0.29) is 6.61 Å². The first-order chi connectivity index (χ1) is 5.18. The van der Waals surface area contributed by atoms with Gasteiger partial charge in [0.2, 0.25) is 0 Å². The van der Waals surface area contributed by atoms with Crippen LogP contribution in [0.15, 0.2) is 11.4 Å². The first kappa shape index (κ1) is 7.87. The molecule has 0 aliphatic carbocycles. The van der Waals surface area contributed by atoms with E-state index in [4.69, 9.17) is 15.6 Å². The molecule has 1 aromatic rings. The molecule has 0 atom stereocenters. The number of carboxylic acid groups (broad SMARTS) is 1. The summed E-state index contributed by atoms with van der Waals surface area (Å²) in [6.07, 6.45) is 0. The standard InChI is InChI=1S/C6H7NO3S/c7-4-1-6(11-3-4)10-2-5(8)9/h1,3H,2,7H2,(H,8,9). The average molecular weight is 173 g/mol. The lowest BCUT2D eigenvalue weighted by molar-refractivity contribution is -0.139. The van der Waals surface area contributed by atoms with Gasteiger partial charge in [-0.25, -0.2) is 4.79 Å². The van der Waals surface area contributed by atoms with Crippen molar-refractivity contribution in [2.45, 2.75) is 0 Å². The maximum Gasteiger partial charge on any atom is 0.341 e. The molecule has 60 valence electrons. The van der Waals surface area contributed by atoms with Crippen molar-refractivity contribution in [1.82, 2.24) is 0 Å². The number of thiophene rings is 1. The normalized spacial score (nSPS) is 9.45. The highest BCUT2D eigenvalue weighted by atomic mass is 32.1. The van der Waals surface area contributed by atoms with E-state index in [1.54, 1.807) is 11.4 Å². The van der Waals surface area contributed by atoms with Crippen LogP contribution in [0.2, 0.25) is 0 Å². The quantitative estimate of drug-likeness (QED) is 0.708. The second-order valence-electron chi connectivity index (χ2n) is 1.88. The summed E-state index contributed by atoms with van der Waals surface area (Å²) in [5.74, 6) is -0.989. The highest BCUT2D eigenvalue weighted by Gasteiger charge is 2.00. The number of aliphatic carboxylic acids is 1. The Kier molecular flexibility index (Phi) is 2.32. The Morgan fingerprint density at radius 2 is 2.55 bits per heavy atom. The molecule has 0 fully saturated rings. The van der Waals surface area contributed by atoms with Crippen LogP contribution in [0.25, 0.3) is 0 Å². The molecule has 0 bridgehead atoms. The molecule has 5 heteroatoms. The Morgan fingerprint density at radius 3 is 3.00 bits per heavy atom. The Labute approximate surface area is 67.2 Å². The summed E-state index contributed by atoms with van der Waals surface area (Å²) in [5.41, 5.74) is 5.96. The van der Waals surface area contributed by atoms with Gasteiger partial charge < -0.3 is 15.6 Å². The summed E-state index contributed by atoms with van der Waals surface area (Å²) < 4.78 is 4.83. The monoisotopic (exact) mass is 173 g/mol. The number of hydrogen-bond acceptors (Lipinski definition) is 4. The molecule has 0 saturated heterocycles. The van der Waals surface area contributed by atoms with E-state index in [9.17, 15) is 4.79 Å². The third-order valence-corrected chi connectivity index (χ3v) is 1.79. The first-order valence-electron chi connectivity index (χ1n) is 2.87. The number of carbonyl (C=O) groups is 1. The molecule has 0 saturated carbocycles. The van der Waals surface area contributed by atoms with Crippen molar-refractivity contribution in [2.75, 3.05) is 12.3 Å². The van der Waals surface area contributed by atoms with Gasteiger partial charge in [0.15, 0.2) is 11.7 Å². The number of rotatable bonds is 3. The van der Waals surface area contributed by atoms with Gasteiger partial charge in [-0.2, -0.15) is 0 Å². The van der Waals surface area contributed by atoms with Crippen LogP contribution in [0.3, 0.4) is 0 Å². The fourth-order valence-electron chi connectivity index (χ4n) is 0.539. The van der Waals surface area contributed by atoms with Gasteiger partial charge in [-0.05, 0) is 0 Å². The summed E-state index contributed by atoms with van der Waals surface area (Å²) in [5, 5.41) is 10.5. The Morgan fingerprint density at radius 1 is 1.82 bits per heavy atom. The molecule has 1 rings (SSSR count). The van der Waals surface area contributed by atoms with Gasteiger partial charge in [-0.15, -0.1) is 11.3 Å². The second-order valence-corrected chi connectivity index (χ2v) is 2.76. The maximum absolute atomic E-state index is 10.0. The largest absolute Gasteiger partial charge is 0.479 e. The smallest absolute Gasteiger partial charge is 0.341 e. The van der Waals surface area contributed by atoms with Crippen LogP contribution in [-0.4, -0.2) is 17.7 Å². The highest BCUT2D eigenvalue weighted by molar-refractivity contribution is 7.12. The fraction of sp³-hybridized carbons (Fsp3) is 0.167. The zero-order valence-electron chi connectivity index (χ0n) is 5.61. The molecule has 0 spiro atoms. The topological polar surface area (TPSA) is 72.5 Å². The van der Waals surface area contributed by atoms with E-state index < -0.39 is 5.97 Å². The van der Waals surface area contributed by atoms with E-state index in [0.29, 0.717) is 10.8 Å². The molecule has 0 radical (unpaired) electrons. The number of anilines is 1. The van der Waals surface area contributed by atoms with E-state index in [1.165, 1.54) is 11.3 Å². The van der Waals surface area contributed by atoms with Crippen molar-refractivity contribution >= 4 is 23.0 Å². The van der Waals surface area contributed by atoms with Crippen LogP contribution < -0.4 is 10.5 Å². The lowest BCUT2D eigenvalue weighted by atomic mass is 10.5. The summed E-state index contributed by atoms with van der Waals surface area (Å²) in [6.45, 7) is -0.319. The zero-order valence-corrected chi connectivity index (χ0v) is 6.43. The summed E-state index contributed by atoms with van der Waals surface area (Å²) in [4.78, 5) is 10.0. The SMILES string of the molecule is Nc1csc(OCC(=O)O)c1. The molecule has 0 amide bonds. The first-order valence-corrected chi connectivity index (χ1v) is 3.75. The predicted molar refractivity (Wildman–Crippen MR) is 41.9 cm³/mol. The summed E-state index contributed by atoms with van der Waals surface area (Å²) in [7, 11) is 0. The number of nitrogen functional groups attached to an aromatic ring is 1. The van der Waals surface area contributed by atoms with Crippen molar-refractivity contribution in [1.29, 1.82) is 0 Å². The summed E-state index contributed by atoms with van der Waals surface area (Å²) >= 11 is 1.28. The zero-order chi connectivity index (χ0) is 8.27. The Hall–Kier alpha value is -1.23. The minimum Gasteiger partial charge on any atom is -0.479 e. The number of carboxylic acids is 1. The van der Waals surface area contributed by atoms with Crippen molar-refractivity contribution in [3.63, 3.8) is 0 Å². The van der Waals surface area contributed by atoms with Gasteiger partial charge >= 0.3 is 5.97 Å². The molecule has 11 heavy (non-hydrogen) atoms. The molecular formula is C6H7NO3S. The number of hydrogen-bond donors (Lipinski definition) is 2. The lowest BCUT2D eigenvalue weighted by Crippen LogP contribution is -2.08. The van der Waals surface area contributed by atoms with Crippen molar-refractivity contribution in [3.05, 3.63) is 11.4 Å². The van der Waals surface area contributed by atoms with E-state index in [0.717, 1.165) is 0 Å². The molecule has 3 N–H and O–H groups in total. The van der Waals surface area contributed by atoms with Crippen LogP contribution in [0, 0.1) is 0 Å². The average Bonchev–Trinajstić information content (AvgIpc) is 2.31. The summed E-state index contributed by atoms with van der Waals surface area (Å²) in [6, 6.07) is 1.59. The minimum absolute atomic E-state index is 0.319. The van der Waals surface area contributed by atoms with Crippen LogP contribution in [0.1, 0.15) is 0 Å². The highest BCUT2D eigenvalue weighted by Crippen LogP contribution is 2.23. The third-order valence-electron chi connectivity index (χ3n) is 0.934. The van der Waals surface area contributed by atoms with Crippen LogP contribution >= 0.6 is 11.3 Å². The van der Waals surface area contributed by atoms with Gasteiger partial charge in [-0.3, -0.25) is 0 Å². The van der Waals surface area contributed by atoms with Gasteiger partial charge in [-0.1, -0.05) is 0 Å². The van der Waals surface area contributed by atoms with Gasteiger partial charge in [0.25, 0.3) is 0 Å². The molecule has 0 aliphatic heterocycles.